The zero-order valence-electron chi connectivity index (χ0n) is 10.3. The minimum absolute atomic E-state index is 0.269. The lowest BCUT2D eigenvalue weighted by Crippen LogP contribution is -2.07. The Labute approximate surface area is 110 Å². The molecule has 0 aliphatic carbocycles. The van der Waals surface area contributed by atoms with Crippen molar-refractivity contribution in [3.63, 3.8) is 0 Å². The summed E-state index contributed by atoms with van der Waals surface area (Å²) in [5.74, 6) is -0.269. The van der Waals surface area contributed by atoms with Crippen molar-refractivity contribution in [2.75, 3.05) is 6.61 Å². The molecule has 0 aliphatic rings. The first-order valence-electron chi connectivity index (χ1n) is 5.99. The number of carbonyl (C=O) groups is 1. The van der Waals surface area contributed by atoms with Crippen LogP contribution in [-0.2, 0) is 4.74 Å². The number of hydrogen-bond acceptors (Lipinski definition) is 4. The zero-order chi connectivity index (χ0) is 12.8. The fourth-order valence-electron chi connectivity index (χ4n) is 1.59. The average molecular weight is 261 g/mol. The van der Waals surface area contributed by atoms with E-state index < -0.39 is 0 Å². The molecule has 0 bridgehead atoms. The molecule has 18 heavy (non-hydrogen) atoms. The second kappa shape index (κ2) is 6.31. The normalized spacial score (nSPS) is 10.3. The number of aromatic nitrogens is 1. The highest BCUT2D eigenvalue weighted by molar-refractivity contribution is 7.13. The third-order valence-corrected chi connectivity index (χ3v) is 3.35. The van der Waals surface area contributed by atoms with Crippen molar-refractivity contribution in [1.82, 2.24) is 4.98 Å². The molecule has 1 aromatic carbocycles. The number of hydrogen-bond donors (Lipinski definition) is 0. The van der Waals surface area contributed by atoms with Crippen LogP contribution >= 0.6 is 11.3 Å². The van der Waals surface area contributed by atoms with E-state index >= 15 is 0 Å². The van der Waals surface area contributed by atoms with Crippen molar-refractivity contribution in [3.8, 4) is 10.6 Å². The zero-order valence-corrected chi connectivity index (χ0v) is 11.1. The van der Waals surface area contributed by atoms with Crippen molar-refractivity contribution < 1.29 is 9.53 Å². The van der Waals surface area contributed by atoms with Gasteiger partial charge >= 0.3 is 5.97 Å². The highest BCUT2D eigenvalue weighted by atomic mass is 32.1. The van der Waals surface area contributed by atoms with E-state index in [0.717, 1.165) is 23.4 Å². The van der Waals surface area contributed by atoms with Gasteiger partial charge in [0.1, 0.15) is 5.01 Å². The van der Waals surface area contributed by atoms with Gasteiger partial charge in [-0.2, -0.15) is 0 Å². The van der Waals surface area contributed by atoms with Crippen molar-refractivity contribution in [3.05, 3.63) is 41.4 Å². The van der Waals surface area contributed by atoms with Crippen LogP contribution in [0.5, 0.6) is 0 Å². The summed E-state index contributed by atoms with van der Waals surface area (Å²) in [5, 5.41) is 2.74. The van der Waals surface area contributed by atoms with Gasteiger partial charge in [0, 0.05) is 17.1 Å². The third kappa shape index (κ3) is 2.96. The molecule has 94 valence electrons. The molecule has 2 rings (SSSR count). The smallest absolute Gasteiger partial charge is 0.338 e. The second-order valence-electron chi connectivity index (χ2n) is 3.87. The Balaban J connectivity index is 2.20. The lowest BCUT2D eigenvalue weighted by atomic mass is 10.1. The number of rotatable bonds is 5. The Morgan fingerprint density at radius 2 is 2.22 bits per heavy atom. The van der Waals surface area contributed by atoms with Crippen LogP contribution in [0.15, 0.2) is 35.8 Å². The molecule has 0 saturated heterocycles. The van der Waals surface area contributed by atoms with E-state index in [0.29, 0.717) is 12.2 Å². The maximum Gasteiger partial charge on any atom is 0.338 e. The summed E-state index contributed by atoms with van der Waals surface area (Å²) in [4.78, 5) is 16.2. The SMILES string of the molecule is CCCCOC(=O)c1ccccc1-c1nccs1. The van der Waals surface area contributed by atoms with E-state index in [1.54, 1.807) is 12.3 Å². The van der Waals surface area contributed by atoms with E-state index in [1.807, 2.05) is 23.6 Å². The molecule has 1 heterocycles. The molecule has 0 unspecified atom stereocenters. The summed E-state index contributed by atoms with van der Waals surface area (Å²) in [6, 6.07) is 7.42. The minimum Gasteiger partial charge on any atom is -0.462 e. The van der Waals surface area contributed by atoms with Gasteiger partial charge in [0.25, 0.3) is 0 Å². The highest BCUT2D eigenvalue weighted by Gasteiger charge is 2.14. The third-order valence-electron chi connectivity index (χ3n) is 2.54. The van der Waals surface area contributed by atoms with E-state index in [1.165, 1.54) is 11.3 Å². The Morgan fingerprint density at radius 1 is 1.39 bits per heavy atom. The molecule has 0 aliphatic heterocycles. The standard InChI is InChI=1S/C14H15NO2S/c1-2-3-9-17-14(16)12-7-5-4-6-11(12)13-15-8-10-18-13/h4-8,10H,2-3,9H2,1H3. The summed E-state index contributed by atoms with van der Waals surface area (Å²) in [6.07, 6.45) is 3.64. The first-order valence-corrected chi connectivity index (χ1v) is 6.87. The van der Waals surface area contributed by atoms with Crippen molar-refractivity contribution in [1.29, 1.82) is 0 Å². The Hall–Kier alpha value is -1.68. The molecular formula is C14H15NO2S. The van der Waals surface area contributed by atoms with Gasteiger partial charge in [0.15, 0.2) is 0 Å². The molecule has 0 saturated carbocycles. The van der Waals surface area contributed by atoms with Crippen LogP contribution < -0.4 is 0 Å². The Bertz CT molecular complexity index is 508. The van der Waals surface area contributed by atoms with Crippen LogP contribution in [-0.4, -0.2) is 17.6 Å². The molecule has 0 spiro atoms. The quantitative estimate of drug-likeness (QED) is 0.607. The van der Waals surface area contributed by atoms with Gasteiger partial charge in [-0.15, -0.1) is 11.3 Å². The first kappa shape index (κ1) is 12.8. The Morgan fingerprint density at radius 3 is 2.94 bits per heavy atom. The second-order valence-corrected chi connectivity index (χ2v) is 4.77. The highest BCUT2D eigenvalue weighted by Crippen LogP contribution is 2.26. The number of esters is 1. The predicted molar refractivity (Wildman–Crippen MR) is 72.7 cm³/mol. The molecule has 1 aromatic heterocycles. The topological polar surface area (TPSA) is 39.2 Å². The number of nitrogens with zero attached hydrogens (tertiary/aromatic N) is 1. The summed E-state index contributed by atoms with van der Waals surface area (Å²) in [6.45, 7) is 2.54. The molecule has 0 amide bonds. The fraction of sp³-hybridized carbons (Fsp3) is 0.286. The van der Waals surface area contributed by atoms with Crippen molar-refractivity contribution in [2.45, 2.75) is 19.8 Å². The Kier molecular flexibility index (Phi) is 4.47. The van der Waals surface area contributed by atoms with Crippen LogP contribution in [0, 0.1) is 0 Å². The fourth-order valence-corrected chi connectivity index (χ4v) is 2.27. The molecule has 3 nitrogen and oxygen atoms in total. The molecule has 4 heteroatoms. The van der Waals surface area contributed by atoms with Gasteiger partial charge in [0.2, 0.25) is 0 Å². The summed E-state index contributed by atoms with van der Waals surface area (Å²) in [5.41, 5.74) is 1.43. The number of unbranched alkanes of at least 4 members (excludes halogenated alkanes) is 1. The van der Waals surface area contributed by atoms with Gasteiger partial charge in [-0.05, 0) is 12.5 Å². The van der Waals surface area contributed by atoms with E-state index in [4.69, 9.17) is 4.74 Å². The van der Waals surface area contributed by atoms with Gasteiger partial charge in [-0.1, -0.05) is 31.5 Å². The van der Waals surface area contributed by atoms with Crippen LogP contribution in [0.1, 0.15) is 30.1 Å². The van der Waals surface area contributed by atoms with Crippen LogP contribution in [0.3, 0.4) is 0 Å². The van der Waals surface area contributed by atoms with Crippen LogP contribution in [0.25, 0.3) is 10.6 Å². The summed E-state index contributed by atoms with van der Waals surface area (Å²) >= 11 is 1.52. The van der Waals surface area contributed by atoms with E-state index in [2.05, 4.69) is 11.9 Å². The van der Waals surface area contributed by atoms with Gasteiger partial charge < -0.3 is 4.74 Å². The molecule has 2 aromatic rings. The first-order chi connectivity index (χ1) is 8.83. The molecule has 0 fully saturated rings. The monoisotopic (exact) mass is 261 g/mol. The summed E-state index contributed by atoms with van der Waals surface area (Å²) in [7, 11) is 0. The van der Waals surface area contributed by atoms with Crippen LogP contribution in [0.2, 0.25) is 0 Å². The van der Waals surface area contributed by atoms with E-state index in [9.17, 15) is 4.79 Å². The molecular weight excluding hydrogens is 246 g/mol. The number of ether oxygens (including phenoxy) is 1. The lowest BCUT2D eigenvalue weighted by molar-refractivity contribution is 0.0500. The summed E-state index contributed by atoms with van der Waals surface area (Å²) < 4.78 is 5.25. The van der Waals surface area contributed by atoms with E-state index in [-0.39, 0.29) is 5.97 Å². The molecule has 0 atom stereocenters. The molecule has 0 N–H and O–H groups in total. The number of benzene rings is 1. The van der Waals surface area contributed by atoms with Crippen molar-refractivity contribution in [2.24, 2.45) is 0 Å². The van der Waals surface area contributed by atoms with Crippen LogP contribution in [0.4, 0.5) is 0 Å². The lowest BCUT2D eigenvalue weighted by Gasteiger charge is -2.07. The van der Waals surface area contributed by atoms with Gasteiger partial charge in [-0.25, -0.2) is 9.78 Å². The minimum atomic E-state index is -0.269. The maximum atomic E-state index is 12.0. The largest absolute Gasteiger partial charge is 0.462 e. The maximum absolute atomic E-state index is 12.0. The number of carbonyl (C=O) groups excluding carboxylic acids is 1. The average Bonchev–Trinajstić information content (AvgIpc) is 2.93. The van der Waals surface area contributed by atoms with Gasteiger partial charge in [0.05, 0.1) is 12.2 Å². The molecule has 0 radical (unpaired) electrons. The number of thiazole rings is 1. The van der Waals surface area contributed by atoms with Gasteiger partial charge in [-0.3, -0.25) is 0 Å². The van der Waals surface area contributed by atoms with Crippen molar-refractivity contribution >= 4 is 17.3 Å². The predicted octanol–water partition coefficient (Wildman–Crippen LogP) is 3.77.